The van der Waals surface area contributed by atoms with Crippen molar-refractivity contribution in [2.45, 2.75) is 11.8 Å². The minimum atomic E-state index is -3.75. The van der Waals surface area contributed by atoms with Crippen LogP contribution in [0.25, 0.3) is 0 Å². The minimum absolute atomic E-state index is 0.00454. The molecule has 4 nitrogen and oxygen atoms in total. The fourth-order valence-corrected chi connectivity index (χ4v) is 3.27. The van der Waals surface area contributed by atoms with Gasteiger partial charge in [-0.3, -0.25) is 0 Å². The van der Waals surface area contributed by atoms with E-state index in [4.69, 9.17) is 5.73 Å². The number of hydrogen-bond donors (Lipinski definition) is 1. The van der Waals surface area contributed by atoms with E-state index in [-0.39, 0.29) is 23.7 Å². The van der Waals surface area contributed by atoms with Crippen LogP contribution in [-0.2, 0) is 10.0 Å². The van der Waals surface area contributed by atoms with Gasteiger partial charge in [0.25, 0.3) is 0 Å². The molecule has 0 amide bonds. The molecule has 0 heterocycles. The van der Waals surface area contributed by atoms with E-state index in [1.54, 1.807) is 0 Å². The second kappa shape index (κ2) is 5.99. The first kappa shape index (κ1) is 15.4. The lowest BCUT2D eigenvalue weighted by Crippen LogP contribution is -2.32. The van der Waals surface area contributed by atoms with Gasteiger partial charge in [0.15, 0.2) is 0 Å². The zero-order chi connectivity index (χ0) is 14.6. The van der Waals surface area contributed by atoms with E-state index < -0.39 is 15.8 Å². The smallest absolute Gasteiger partial charge is 0.243 e. The number of hydrogen-bond acceptors (Lipinski definition) is 3. The van der Waals surface area contributed by atoms with E-state index in [9.17, 15) is 12.8 Å². The standard InChI is InChI=1S/C13H17FN2O2S/c1-4-6-16(7-5-2)19(17,18)13-9-12(15)11(14)8-10(13)3/h4-5,8-9H,1-2,6-7,15H2,3H3. The highest BCUT2D eigenvalue weighted by molar-refractivity contribution is 7.89. The zero-order valence-electron chi connectivity index (χ0n) is 10.8. The largest absolute Gasteiger partial charge is 0.396 e. The molecule has 0 radical (unpaired) electrons. The summed E-state index contributed by atoms with van der Waals surface area (Å²) in [7, 11) is -3.75. The van der Waals surface area contributed by atoms with Crippen molar-refractivity contribution in [1.82, 2.24) is 4.31 Å². The molecule has 1 rings (SSSR count). The number of nitrogens with two attached hydrogens (primary N) is 1. The van der Waals surface area contributed by atoms with Gasteiger partial charge in [-0.25, -0.2) is 12.8 Å². The molecule has 19 heavy (non-hydrogen) atoms. The van der Waals surface area contributed by atoms with Crippen molar-refractivity contribution in [2.24, 2.45) is 0 Å². The molecule has 6 heteroatoms. The predicted octanol–water partition coefficient (Wildman–Crippen LogP) is 2.08. The molecule has 0 atom stereocenters. The maximum absolute atomic E-state index is 13.3. The number of benzene rings is 1. The van der Waals surface area contributed by atoms with Gasteiger partial charge in [0.1, 0.15) is 5.82 Å². The summed E-state index contributed by atoms with van der Waals surface area (Å²) in [6, 6.07) is 2.25. The third-order valence-electron chi connectivity index (χ3n) is 2.58. The summed E-state index contributed by atoms with van der Waals surface area (Å²) in [6.45, 7) is 8.85. The first-order valence-corrected chi connectivity index (χ1v) is 7.06. The molecule has 0 saturated carbocycles. The molecule has 2 N–H and O–H groups in total. The highest BCUT2D eigenvalue weighted by atomic mass is 32.2. The Kier molecular flexibility index (Phi) is 4.85. The third kappa shape index (κ3) is 3.21. The summed E-state index contributed by atoms with van der Waals surface area (Å²) in [5.74, 6) is -0.629. The van der Waals surface area contributed by atoms with Crippen LogP contribution < -0.4 is 5.73 Å². The Hall–Kier alpha value is -1.66. The van der Waals surface area contributed by atoms with E-state index in [0.717, 1.165) is 12.1 Å². The molecule has 0 aromatic heterocycles. The van der Waals surface area contributed by atoms with Crippen LogP contribution in [0.4, 0.5) is 10.1 Å². The first-order valence-electron chi connectivity index (χ1n) is 5.62. The van der Waals surface area contributed by atoms with E-state index in [0.29, 0.717) is 5.56 Å². The van der Waals surface area contributed by atoms with Crippen LogP contribution in [0.2, 0.25) is 0 Å². The molecule has 0 aliphatic carbocycles. The van der Waals surface area contributed by atoms with Gasteiger partial charge in [0, 0.05) is 13.1 Å². The fraction of sp³-hybridized carbons (Fsp3) is 0.231. The summed E-state index contributed by atoms with van der Waals surface area (Å²) < 4.78 is 39.4. The zero-order valence-corrected chi connectivity index (χ0v) is 11.6. The maximum Gasteiger partial charge on any atom is 0.243 e. The Morgan fingerprint density at radius 2 is 1.84 bits per heavy atom. The Balaban J connectivity index is 3.36. The molecule has 1 aromatic rings. The van der Waals surface area contributed by atoms with Gasteiger partial charge in [-0.2, -0.15) is 4.31 Å². The first-order chi connectivity index (χ1) is 8.84. The van der Waals surface area contributed by atoms with E-state index in [2.05, 4.69) is 13.2 Å². The number of anilines is 1. The molecule has 0 aliphatic heterocycles. The van der Waals surface area contributed by atoms with Crippen molar-refractivity contribution in [2.75, 3.05) is 18.8 Å². The molecule has 0 bridgehead atoms. The van der Waals surface area contributed by atoms with Crippen molar-refractivity contribution in [3.8, 4) is 0 Å². The SMILES string of the molecule is C=CCN(CC=C)S(=O)(=O)c1cc(N)c(F)cc1C. The van der Waals surface area contributed by atoms with Crippen LogP contribution in [0.5, 0.6) is 0 Å². The topological polar surface area (TPSA) is 63.4 Å². The highest BCUT2D eigenvalue weighted by Gasteiger charge is 2.25. The van der Waals surface area contributed by atoms with Crippen LogP contribution in [0, 0.1) is 12.7 Å². The van der Waals surface area contributed by atoms with E-state index in [1.165, 1.54) is 23.4 Å². The molecule has 0 aliphatic rings. The summed E-state index contributed by atoms with van der Waals surface area (Å²) in [6.07, 6.45) is 2.95. The van der Waals surface area contributed by atoms with Crippen LogP contribution >= 0.6 is 0 Å². The minimum Gasteiger partial charge on any atom is -0.396 e. The predicted molar refractivity (Wildman–Crippen MR) is 74.7 cm³/mol. The quantitative estimate of drug-likeness (QED) is 0.642. The number of sulfonamides is 1. The summed E-state index contributed by atoms with van der Waals surface area (Å²) in [5, 5.41) is 0. The number of halogens is 1. The lowest BCUT2D eigenvalue weighted by Gasteiger charge is -2.20. The average molecular weight is 284 g/mol. The van der Waals surface area contributed by atoms with Gasteiger partial charge in [0.05, 0.1) is 10.6 Å². The van der Waals surface area contributed by atoms with Crippen LogP contribution in [-0.4, -0.2) is 25.8 Å². The second-order valence-corrected chi connectivity index (χ2v) is 5.94. The Bertz CT molecular complexity index is 587. The van der Waals surface area contributed by atoms with Gasteiger partial charge < -0.3 is 5.73 Å². The van der Waals surface area contributed by atoms with Gasteiger partial charge >= 0.3 is 0 Å². The highest BCUT2D eigenvalue weighted by Crippen LogP contribution is 2.24. The average Bonchev–Trinajstić information content (AvgIpc) is 2.33. The van der Waals surface area contributed by atoms with Crippen LogP contribution in [0.1, 0.15) is 5.56 Å². The fourth-order valence-electron chi connectivity index (χ4n) is 1.64. The number of nitrogens with zero attached hydrogens (tertiary/aromatic N) is 1. The second-order valence-electron chi connectivity index (χ2n) is 4.04. The molecular formula is C13H17FN2O2S. The molecule has 0 saturated heterocycles. The number of nitrogen functional groups attached to an aromatic ring is 1. The molecule has 0 fully saturated rings. The molecular weight excluding hydrogens is 267 g/mol. The lowest BCUT2D eigenvalue weighted by molar-refractivity contribution is 0.473. The van der Waals surface area contributed by atoms with Crippen molar-refractivity contribution >= 4 is 15.7 Å². The van der Waals surface area contributed by atoms with E-state index >= 15 is 0 Å². The van der Waals surface area contributed by atoms with Crippen molar-refractivity contribution in [3.05, 3.63) is 48.8 Å². The van der Waals surface area contributed by atoms with Crippen molar-refractivity contribution in [1.29, 1.82) is 0 Å². The van der Waals surface area contributed by atoms with Crippen LogP contribution in [0.3, 0.4) is 0 Å². The van der Waals surface area contributed by atoms with Gasteiger partial charge in [0.2, 0.25) is 10.0 Å². The number of aryl methyl sites for hydroxylation is 1. The van der Waals surface area contributed by atoms with Crippen molar-refractivity contribution < 1.29 is 12.8 Å². The van der Waals surface area contributed by atoms with Crippen molar-refractivity contribution in [3.63, 3.8) is 0 Å². The van der Waals surface area contributed by atoms with Gasteiger partial charge in [-0.05, 0) is 24.6 Å². The lowest BCUT2D eigenvalue weighted by atomic mass is 10.2. The van der Waals surface area contributed by atoms with E-state index in [1.807, 2.05) is 0 Å². The van der Waals surface area contributed by atoms with Gasteiger partial charge in [-0.15, -0.1) is 13.2 Å². The number of rotatable bonds is 6. The maximum atomic E-state index is 13.3. The third-order valence-corrected chi connectivity index (χ3v) is 4.55. The summed E-state index contributed by atoms with van der Waals surface area (Å²) in [4.78, 5) is -0.00454. The molecule has 1 aromatic carbocycles. The molecule has 104 valence electrons. The monoisotopic (exact) mass is 284 g/mol. The normalized spacial score (nSPS) is 11.5. The Labute approximate surface area is 113 Å². The Morgan fingerprint density at radius 3 is 2.32 bits per heavy atom. The molecule has 0 unspecified atom stereocenters. The summed E-state index contributed by atoms with van der Waals surface area (Å²) in [5.41, 5.74) is 5.55. The summed E-state index contributed by atoms with van der Waals surface area (Å²) >= 11 is 0. The molecule has 0 spiro atoms. The Morgan fingerprint density at radius 1 is 1.32 bits per heavy atom. The van der Waals surface area contributed by atoms with Gasteiger partial charge in [-0.1, -0.05) is 12.2 Å². The van der Waals surface area contributed by atoms with Crippen LogP contribution in [0.15, 0.2) is 42.3 Å².